The number of hydrogen-bond donors (Lipinski definition) is 0. The van der Waals surface area contributed by atoms with Gasteiger partial charge in [0.05, 0.1) is 12.5 Å². The highest BCUT2D eigenvalue weighted by Gasteiger charge is 2.25. The molecule has 3 heterocycles. The van der Waals surface area contributed by atoms with E-state index in [4.69, 9.17) is 0 Å². The van der Waals surface area contributed by atoms with E-state index >= 15 is 0 Å². The fourth-order valence-electron chi connectivity index (χ4n) is 3.20. The zero-order valence-corrected chi connectivity index (χ0v) is 14.1. The molecule has 1 aliphatic heterocycles. The van der Waals surface area contributed by atoms with Gasteiger partial charge in [-0.25, -0.2) is 4.98 Å². The molecule has 2 aromatic rings. The Morgan fingerprint density at radius 3 is 3.05 bits per heavy atom. The second kappa shape index (κ2) is 6.65. The third-order valence-electron chi connectivity index (χ3n) is 4.33. The number of nitrogens with zero attached hydrogens (tertiary/aromatic N) is 3. The van der Waals surface area contributed by atoms with Crippen molar-refractivity contribution in [2.24, 2.45) is 0 Å². The van der Waals surface area contributed by atoms with Gasteiger partial charge in [0.15, 0.2) is 0 Å². The number of rotatable bonds is 4. The van der Waals surface area contributed by atoms with Crippen LogP contribution in [-0.4, -0.2) is 33.4 Å². The van der Waals surface area contributed by atoms with E-state index in [9.17, 15) is 4.79 Å². The number of likely N-dealkylation sites (tertiary alicyclic amines) is 1. The highest BCUT2D eigenvalue weighted by Crippen LogP contribution is 2.24. The molecular formula is C17H23N3OS. The van der Waals surface area contributed by atoms with Crippen LogP contribution >= 0.6 is 11.3 Å². The van der Waals surface area contributed by atoms with Gasteiger partial charge in [-0.15, -0.1) is 11.3 Å². The van der Waals surface area contributed by atoms with Crippen molar-refractivity contribution in [1.82, 2.24) is 14.5 Å². The van der Waals surface area contributed by atoms with Gasteiger partial charge >= 0.3 is 0 Å². The number of hydrogen-bond acceptors (Lipinski definition) is 3. The molecule has 0 radical (unpaired) electrons. The van der Waals surface area contributed by atoms with E-state index in [1.165, 1.54) is 9.75 Å². The van der Waals surface area contributed by atoms with Crippen molar-refractivity contribution >= 4 is 17.2 Å². The van der Waals surface area contributed by atoms with Crippen molar-refractivity contribution in [2.75, 3.05) is 13.1 Å². The lowest BCUT2D eigenvalue weighted by atomic mass is 10.0. The Bertz CT molecular complexity index is 646. The van der Waals surface area contributed by atoms with Gasteiger partial charge in [-0.05, 0) is 31.9 Å². The molecule has 3 rings (SSSR count). The molecule has 4 nitrogen and oxygen atoms in total. The molecule has 1 atom stereocenters. The van der Waals surface area contributed by atoms with Gasteiger partial charge < -0.3 is 9.47 Å². The van der Waals surface area contributed by atoms with Crippen molar-refractivity contribution in [3.8, 4) is 0 Å². The zero-order chi connectivity index (χ0) is 15.5. The summed E-state index contributed by atoms with van der Waals surface area (Å²) in [6.07, 6.45) is 7.60. The van der Waals surface area contributed by atoms with Crippen LogP contribution in [0, 0.1) is 6.92 Å². The highest BCUT2D eigenvalue weighted by molar-refractivity contribution is 7.12. The minimum Gasteiger partial charge on any atom is -0.340 e. The van der Waals surface area contributed by atoms with Crippen LogP contribution in [0.5, 0.6) is 0 Å². The Kier molecular flexibility index (Phi) is 4.62. The third-order valence-corrected chi connectivity index (χ3v) is 5.33. The molecule has 0 bridgehead atoms. The second-order valence-corrected chi connectivity index (χ2v) is 7.30. The quantitative estimate of drug-likeness (QED) is 0.868. The number of amides is 1. The number of aryl methyl sites for hydroxylation is 2. The van der Waals surface area contributed by atoms with Crippen LogP contribution in [0.3, 0.4) is 0 Å². The van der Waals surface area contributed by atoms with E-state index in [2.05, 4.69) is 41.7 Å². The van der Waals surface area contributed by atoms with E-state index in [1.807, 2.05) is 11.1 Å². The smallest absolute Gasteiger partial charge is 0.227 e. The molecule has 1 aliphatic rings. The minimum atomic E-state index is 0.254. The molecule has 118 valence electrons. The van der Waals surface area contributed by atoms with Crippen LogP contribution in [0.1, 0.15) is 41.4 Å². The molecule has 0 saturated carbocycles. The average Bonchev–Trinajstić information content (AvgIpc) is 3.16. The lowest BCUT2D eigenvalue weighted by molar-refractivity contribution is -0.132. The van der Waals surface area contributed by atoms with Crippen LogP contribution in [0.4, 0.5) is 0 Å². The van der Waals surface area contributed by atoms with Gasteiger partial charge in [-0.1, -0.05) is 6.92 Å². The van der Waals surface area contributed by atoms with E-state index in [0.717, 1.165) is 38.2 Å². The van der Waals surface area contributed by atoms with Gasteiger partial charge in [0.2, 0.25) is 5.91 Å². The highest BCUT2D eigenvalue weighted by atomic mass is 32.1. The fourth-order valence-corrected chi connectivity index (χ4v) is 4.08. The number of aromatic nitrogens is 2. The third kappa shape index (κ3) is 3.24. The summed E-state index contributed by atoms with van der Waals surface area (Å²) in [5.41, 5.74) is 0. The molecule has 1 saturated heterocycles. The Morgan fingerprint density at radius 2 is 2.32 bits per heavy atom. The second-order valence-electron chi connectivity index (χ2n) is 5.93. The Morgan fingerprint density at radius 1 is 1.45 bits per heavy atom. The first kappa shape index (κ1) is 15.3. The number of imidazole rings is 1. The van der Waals surface area contributed by atoms with Crippen molar-refractivity contribution in [3.05, 3.63) is 40.1 Å². The predicted molar refractivity (Wildman–Crippen MR) is 89.2 cm³/mol. The van der Waals surface area contributed by atoms with Gasteiger partial charge in [-0.2, -0.15) is 0 Å². The molecule has 1 amide bonds. The summed E-state index contributed by atoms with van der Waals surface area (Å²) in [5, 5.41) is 0. The van der Waals surface area contributed by atoms with Crippen LogP contribution in [0.25, 0.3) is 0 Å². The Hall–Kier alpha value is -1.62. The maximum Gasteiger partial charge on any atom is 0.227 e. The molecule has 5 heteroatoms. The molecular weight excluding hydrogens is 294 g/mol. The summed E-state index contributed by atoms with van der Waals surface area (Å²) in [5.74, 6) is 1.37. The van der Waals surface area contributed by atoms with Crippen molar-refractivity contribution in [2.45, 2.75) is 45.6 Å². The predicted octanol–water partition coefficient (Wildman–Crippen LogP) is 3.22. The van der Waals surface area contributed by atoms with Crippen molar-refractivity contribution < 1.29 is 4.79 Å². The summed E-state index contributed by atoms with van der Waals surface area (Å²) in [6.45, 7) is 5.91. The molecule has 0 N–H and O–H groups in total. The number of piperidine rings is 1. The molecule has 0 unspecified atom stereocenters. The summed E-state index contributed by atoms with van der Waals surface area (Å²) in [7, 11) is 0. The Balaban J connectivity index is 1.66. The Labute approximate surface area is 135 Å². The van der Waals surface area contributed by atoms with Gasteiger partial charge in [0, 0.05) is 41.7 Å². The lowest BCUT2D eigenvalue weighted by Gasteiger charge is -2.34. The van der Waals surface area contributed by atoms with E-state index < -0.39 is 0 Å². The number of thiophene rings is 1. The maximum absolute atomic E-state index is 12.6. The number of carbonyl (C=O) groups is 1. The van der Waals surface area contributed by atoms with E-state index in [0.29, 0.717) is 12.5 Å². The van der Waals surface area contributed by atoms with Crippen LogP contribution < -0.4 is 0 Å². The van der Waals surface area contributed by atoms with Crippen molar-refractivity contribution in [3.63, 3.8) is 0 Å². The fraction of sp³-hybridized carbons (Fsp3) is 0.529. The molecule has 0 spiro atoms. The summed E-state index contributed by atoms with van der Waals surface area (Å²) in [6, 6.07) is 4.54. The van der Waals surface area contributed by atoms with Crippen LogP contribution in [0.15, 0.2) is 24.5 Å². The van der Waals surface area contributed by atoms with Gasteiger partial charge in [-0.3, -0.25) is 4.79 Å². The first-order valence-electron chi connectivity index (χ1n) is 8.02. The molecule has 0 aliphatic carbocycles. The zero-order valence-electron chi connectivity index (χ0n) is 13.3. The van der Waals surface area contributed by atoms with Crippen LogP contribution in [-0.2, 0) is 17.6 Å². The standard InChI is InChI=1S/C17H23N3OS/c1-3-16-18-8-10-20(16)14-5-4-9-19(12-14)17(21)11-15-7-6-13(2)22-15/h6-8,10,14H,3-5,9,11-12H2,1-2H3/t14-/m1/s1. The van der Waals surface area contributed by atoms with Gasteiger partial charge in [0.25, 0.3) is 0 Å². The molecule has 1 fully saturated rings. The topological polar surface area (TPSA) is 38.1 Å². The van der Waals surface area contributed by atoms with Crippen molar-refractivity contribution in [1.29, 1.82) is 0 Å². The summed E-state index contributed by atoms with van der Waals surface area (Å²) in [4.78, 5) is 21.4. The first-order chi connectivity index (χ1) is 10.7. The SMILES string of the molecule is CCc1nccn1[C@@H]1CCCN(C(=O)Cc2ccc(C)s2)C1. The molecule has 2 aromatic heterocycles. The average molecular weight is 317 g/mol. The first-order valence-corrected chi connectivity index (χ1v) is 8.84. The van der Waals surface area contributed by atoms with Gasteiger partial charge in [0.1, 0.15) is 5.82 Å². The van der Waals surface area contributed by atoms with E-state index in [1.54, 1.807) is 11.3 Å². The van der Waals surface area contributed by atoms with E-state index in [-0.39, 0.29) is 5.91 Å². The maximum atomic E-state index is 12.6. The molecule has 0 aromatic carbocycles. The molecule has 22 heavy (non-hydrogen) atoms. The largest absolute Gasteiger partial charge is 0.340 e. The number of carbonyl (C=O) groups excluding carboxylic acids is 1. The van der Waals surface area contributed by atoms with Crippen LogP contribution in [0.2, 0.25) is 0 Å². The normalized spacial score (nSPS) is 18.6. The summed E-state index contributed by atoms with van der Waals surface area (Å²) >= 11 is 1.72. The minimum absolute atomic E-state index is 0.254. The lowest BCUT2D eigenvalue weighted by Crippen LogP contribution is -2.41. The monoisotopic (exact) mass is 317 g/mol. The summed E-state index contributed by atoms with van der Waals surface area (Å²) < 4.78 is 2.26.